The van der Waals surface area contributed by atoms with E-state index in [4.69, 9.17) is 8.37 Å². The molecule has 1 aliphatic rings. The van der Waals surface area contributed by atoms with E-state index in [0.29, 0.717) is 11.1 Å². The lowest BCUT2D eigenvalue weighted by Crippen LogP contribution is -2.37. The van der Waals surface area contributed by atoms with Crippen molar-refractivity contribution < 1.29 is 25.2 Å². The van der Waals surface area contributed by atoms with Crippen molar-refractivity contribution >= 4 is 25.9 Å². The number of nitrogens with one attached hydrogen (secondary N) is 1. The summed E-state index contributed by atoms with van der Waals surface area (Å²) < 4.78 is 61.5. The van der Waals surface area contributed by atoms with Crippen molar-refractivity contribution in [1.82, 2.24) is 5.32 Å². The molecule has 0 bridgehead atoms. The van der Waals surface area contributed by atoms with E-state index in [-0.39, 0.29) is 31.3 Å². The van der Waals surface area contributed by atoms with Crippen molar-refractivity contribution in [3.05, 3.63) is 114 Å². The van der Waals surface area contributed by atoms with Crippen LogP contribution < -0.4 is 5.32 Å². The molecule has 35 heavy (non-hydrogen) atoms. The lowest BCUT2D eigenvalue weighted by atomic mass is 9.91. The largest absolute Gasteiger partial charge is 0.384 e. The first-order valence-electron chi connectivity index (χ1n) is 11.1. The van der Waals surface area contributed by atoms with Crippen molar-refractivity contribution in [1.29, 1.82) is 0 Å². The van der Waals surface area contributed by atoms with E-state index in [0.717, 1.165) is 11.3 Å². The van der Waals surface area contributed by atoms with E-state index in [2.05, 4.69) is 5.32 Å². The Bertz CT molecular complexity index is 1280. The van der Waals surface area contributed by atoms with Crippen molar-refractivity contribution in [3.63, 3.8) is 0 Å². The molecule has 0 saturated carbocycles. The molecule has 184 valence electrons. The highest BCUT2D eigenvalue weighted by Crippen LogP contribution is 2.32. The SMILES string of the molecule is O=S(=O)(Cc1ccccc1)OCC1(COS(=O)(=O)Cc2ccccc2)C=C(c2ccccc2)NC1. The van der Waals surface area contributed by atoms with Crippen molar-refractivity contribution in [3.8, 4) is 0 Å². The maximum atomic E-state index is 12.7. The quantitative estimate of drug-likeness (QED) is 0.390. The van der Waals surface area contributed by atoms with Crippen LogP contribution in [0.5, 0.6) is 0 Å². The zero-order chi connectivity index (χ0) is 24.8. The van der Waals surface area contributed by atoms with Crippen molar-refractivity contribution in [2.75, 3.05) is 19.8 Å². The molecular weight excluding hydrogens is 486 g/mol. The van der Waals surface area contributed by atoms with Gasteiger partial charge in [-0.1, -0.05) is 91.0 Å². The van der Waals surface area contributed by atoms with Crippen LogP contribution in [0.15, 0.2) is 97.1 Å². The second-order valence-corrected chi connectivity index (χ2v) is 11.8. The topological polar surface area (TPSA) is 98.8 Å². The van der Waals surface area contributed by atoms with Gasteiger partial charge in [0.1, 0.15) is 11.5 Å². The Morgan fingerprint density at radius 1 is 0.657 bits per heavy atom. The van der Waals surface area contributed by atoms with Crippen LogP contribution in [0.1, 0.15) is 16.7 Å². The molecular formula is C26H27NO6S2. The molecule has 0 fully saturated rings. The molecule has 1 aliphatic heterocycles. The second kappa shape index (κ2) is 10.7. The van der Waals surface area contributed by atoms with Crippen LogP contribution in [-0.2, 0) is 40.1 Å². The fourth-order valence-corrected chi connectivity index (χ4v) is 5.96. The van der Waals surface area contributed by atoms with Gasteiger partial charge in [-0.15, -0.1) is 0 Å². The zero-order valence-electron chi connectivity index (χ0n) is 19.0. The molecule has 3 aromatic carbocycles. The average Bonchev–Trinajstić information content (AvgIpc) is 3.28. The lowest BCUT2D eigenvalue weighted by Gasteiger charge is -2.25. The summed E-state index contributed by atoms with van der Waals surface area (Å²) in [6.45, 7) is -0.252. The molecule has 0 unspecified atom stereocenters. The van der Waals surface area contributed by atoms with Crippen LogP contribution in [0.2, 0.25) is 0 Å². The van der Waals surface area contributed by atoms with Crippen LogP contribution in [0, 0.1) is 5.41 Å². The summed E-state index contributed by atoms with van der Waals surface area (Å²) in [7, 11) is -7.81. The first-order valence-corrected chi connectivity index (χ1v) is 14.2. The molecule has 0 atom stereocenters. The zero-order valence-corrected chi connectivity index (χ0v) is 20.7. The van der Waals surface area contributed by atoms with Gasteiger partial charge < -0.3 is 5.32 Å². The monoisotopic (exact) mass is 513 g/mol. The predicted molar refractivity (Wildman–Crippen MR) is 135 cm³/mol. The molecule has 0 aromatic heterocycles. The fraction of sp³-hybridized carbons (Fsp3) is 0.231. The molecule has 0 spiro atoms. The molecule has 0 saturated heterocycles. The standard InChI is InChI=1S/C26H27NO6S2/c28-34(29,17-22-10-4-1-5-11-22)32-20-26(16-25(27-19-26)24-14-8-3-9-15-24)21-33-35(30,31)18-23-12-6-2-7-13-23/h1-16,27H,17-21H2. The first-order chi connectivity index (χ1) is 16.7. The van der Waals surface area contributed by atoms with Gasteiger partial charge in [-0.05, 0) is 22.8 Å². The molecule has 1 heterocycles. The summed E-state index contributed by atoms with van der Waals surface area (Å²) in [6.07, 6.45) is 1.80. The van der Waals surface area contributed by atoms with Gasteiger partial charge in [0.25, 0.3) is 20.2 Å². The number of hydrogen-bond donors (Lipinski definition) is 1. The number of benzene rings is 3. The summed E-state index contributed by atoms with van der Waals surface area (Å²) >= 11 is 0. The summed E-state index contributed by atoms with van der Waals surface area (Å²) in [5.41, 5.74) is 1.87. The van der Waals surface area contributed by atoms with Crippen LogP contribution in [0.4, 0.5) is 0 Å². The normalized spacial score (nSPS) is 15.4. The van der Waals surface area contributed by atoms with Gasteiger partial charge in [0.2, 0.25) is 0 Å². The predicted octanol–water partition coefficient (Wildman–Crippen LogP) is 3.71. The maximum absolute atomic E-state index is 12.7. The number of rotatable bonds is 11. The van der Waals surface area contributed by atoms with E-state index in [1.807, 2.05) is 30.3 Å². The highest BCUT2D eigenvalue weighted by Gasteiger charge is 2.37. The lowest BCUT2D eigenvalue weighted by molar-refractivity contribution is 0.134. The van der Waals surface area contributed by atoms with Gasteiger partial charge in [0.15, 0.2) is 0 Å². The Balaban J connectivity index is 1.51. The van der Waals surface area contributed by atoms with E-state index >= 15 is 0 Å². The summed E-state index contributed by atoms with van der Waals surface area (Å²) in [4.78, 5) is 0. The Morgan fingerprint density at radius 2 is 1.09 bits per heavy atom. The van der Waals surface area contributed by atoms with E-state index in [1.165, 1.54) is 0 Å². The Labute approximate surface area is 206 Å². The third kappa shape index (κ3) is 7.25. The van der Waals surface area contributed by atoms with Crippen molar-refractivity contribution in [2.45, 2.75) is 11.5 Å². The van der Waals surface area contributed by atoms with Crippen molar-refractivity contribution in [2.24, 2.45) is 5.41 Å². The van der Waals surface area contributed by atoms with Gasteiger partial charge in [-0.2, -0.15) is 16.8 Å². The summed E-state index contributed by atoms with van der Waals surface area (Å²) in [5, 5.41) is 3.25. The van der Waals surface area contributed by atoms with Gasteiger partial charge >= 0.3 is 0 Å². The third-order valence-corrected chi connectivity index (χ3v) is 7.92. The summed E-state index contributed by atoms with van der Waals surface area (Å²) in [5.74, 6) is -0.556. The third-order valence-electron chi connectivity index (χ3n) is 5.59. The van der Waals surface area contributed by atoms with Crippen LogP contribution in [-0.4, -0.2) is 36.6 Å². The Morgan fingerprint density at radius 3 is 1.54 bits per heavy atom. The second-order valence-electron chi connectivity index (χ2n) is 8.54. The van der Waals surface area contributed by atoms with E-state index < -0.39 is 25.7 Å². The highest BCUT2D eigenvalue weighted by molar-refractivity contribution is 7.86. The average molecular weight is 514 g/mol. The molecule has 4 rings (SSSR count). The first kappa shape index (κ1) is 25.1. The molecule has 0 amide bonds. The van der Waals surface area contributed by atoms with Crippen LogP contribution >= 0.6 is 0 Å². The van der Waals surface area contributed by atoms with Crippen LogP contribution in [0.25, 0.3) is 5.70 Å². The minimum Gasteiger partial charge on any atom is -0.384 e. The minimum atomic E-state index is -3.91. The van der Waals surface area contributed by atoms with E-state index in [9.17, 15) is 16.8 Å². The van der Waals surface area contributed by atoms with Gasteiger partial charge in [-0.3, -0.25) is 8.37 Å². The molecule has 7 nitrogen and oxygen atoms in total. The molecule has 0 aliphatic carbocycles. The fourth-order valence-electron chi connectivity index (χ4n) is 3.76. The van der Waals surface area contributed by atoms with E-state index in [1.54, 1.807) is 66.7 Å². The van der Waals surface area contributed by atoms with Gasteiger partial charge in [0, 0.05) is 12.2 Å². The molecule has 0 radical (unpaired) electrons. The van der Waals surface area contributed by atoms with Gasteiger partial charge in [-0.25, -0.2) is 0 Å². The van der Waals surface area contributed by atoms with Crippen LogP contribution in [0.3, 0.4) is 0 Å². The Hall–Kier alpha value is -2.98. The molecule has 9 heteroatoms. The van der Waals surface area contributed by atoms with Gasteiger partial charge in [0.05, 0.1) is 18.6 Å². The molecule has 1 N–H and O–H groups in total. The summed E-state index contributed by atoms with van der Waals surface area (Å²) in [6, 6.07) is 27.0. The number of hydrogen-bond acceptors (Lipinski definition) is 7. The minimum absolute atomic E-state index is 0.258. The maximum Gasteiger partial charge on any atom is 0.271 e. The molecule has 3 aromatic rings. The Kier molecular flexibility index (Phi) is 7.71. The highest BCUT2D eigenvalue weighted by atomic mass is 32.2. The smallest absolute Gasteiger partial charge is 0.271 e.